The molecular formula is C22H26F2N2O2S. The Morgan fingerprint density at radius 2 is 1.86 bits per heavy atom. The Bertz CT molecular complexity index is 873. The first-order valence-electron chi connectivity index (χ1n) is 9.63. The molecule has 3 N–H and O–H groups in total. The predicted molar refractivity (Wildman–Crippen MR) is 113 cm³/mol. The molecule has 4 nitrogen and oxygen atoms in total. The third-order valence-electron chi connectivity index (χ3n) is 6.03. The molecule has 2 aromatic carbocycles. The molecule has 1 saturated heterocycles. The van der Waals surface area contributed by atoms with Crippen LogP contribution in [0.3, 0.4) is 0 Å². The molecule has 0 aromatic heterocycles. The first-order valence-corrected chi connectivity index (χ1v) is 10.5. The van der Waals surface area contributed by atoms with E-state index in [1.165, 1.54) is 18.2 Å². The van der Waals surface area contributed by atoms with Crippen LogP contribution in [0.2, 0.25) is 0 Å². The molecule has 1 aliphatic heterocycles. The first-order chi connectivity index (χ1) is 14.0. The third-order valence-corrected chi connectivity index (χ3v) is 6.03. The Labute approximate surface area is 175 Å². The molecule has 2 aromatic rings. The molecule has 156 valence electrons. The van der Waals surface area contributed by atoms with E-state index < -0.39 is 17.0 Å². The Morgan fingerprint density at radius 1 is 1.21 bits per heavy atom. The molecule has 3 atom stereocenters. The molecule has 2 fully saturated rings. The van der Waals surface area contributed by atoms with Crippen LogP contribution >= 0.6 is 12.6 Å². The number of benzene rings is 2. The van der Waals surface area contributed by atoms with Crippen LogP contribution in [0.5, 0.6) is 0 Å². The highest BCUT2D eigenvalue weighted by molar-refractivity contribution is 7.79. The predicted octanol–water partition coefficient (Wildman–Crippen LogP) is 3.20. The number of halogens is 2. The zero-order valence-corrected chi connectivity index (χ0v) is 17.2. The summed E-state index contributed by atoms with van der Waals surface area (Å²) in [5.41, 5.74) is 5.81. The van der Waals surface area contributed by atoms with E-state index in [2.05, 4.69) is 12.6 Å². The molecule has 0 radical (unpaired) electrons. The fraction of sp³-hybridized carbons (Fsp3) is 0.409. The van der Waals surface area contributed by atoms with Crippen LogP contribution in [-0.2, 0) is 4.79 Å². The van der Waals surface area contributed by atoms with Gasteiger partial charge in [-0.2, -0.15) is 12.6 Å². The van der Waals surface area contributed by atoms with Gasteiger partial charge in [-0.05, 0) is 42.4 Å². The Morgan fingerprint density at radius 3 is 2.41 bits per heavy atom. The van der Waals surface area contributed by atoms with Crippen molar-refractivity contribution in [2.24, 2.45) is 11.1 Å². The lowest BCUT2D eigenvalue weighted by Crippen LogP contribution is -2.57. The van der Waals surface area contributed by atoms with Gasteiger partial charge in [-0.3, -0.25) is 4.79 Å². The molecule has 4 rings (SSSR count). The van der Waals surface area contributed by atoms with E-state index in [1.807, 2.05) is 0 Å². The van der Waals surface area contributed by atoms with Crippen molar-refractivity contribution in [3.63, 3.8) is 0 Å². The standard InChI is InChI=1S/C21H22F2N2O2.CH4S/c22-17-6-3-7-18(23)19(17)15-5-2-1-4-14(15)16-10-21(16,12-26)20(27)25-9-8-13(25)11-24;1-2/h1-7,13,16,26H,8-12,24H2;2H,1H3/t13-,16?,21?;/m0./s1. The SMILES string of the molecule is CS.NC[C@@H]1CCN1C(=O)C1(CO)CC1c1ccccc1-c1c(F)cccc1F. The number of aliphatic hydroxyl groups is 1. The lowest BCUT2D eigenvalue weighted by atomic mass is 9.90. The quantitative estimate of drug-likeness (QED) is 0.651. The van der Waals surface area contributed by atoms with Crippen molar-refractivity contribution in [1.29, 1.82) is 0 Å². The highest BCUT2D eigenvalue weighted by Gasteiger charge is 2.63. The zero-order valence-electron chi connectivity index (χ0n) is 16.3. The van der Waals surface area contributed by atoms with Gasteiger partial charge in [0, 0.05) is 25.0 Å². The number of hydrogen-bond donors (Lipinski definition) is 3. The second-order valence-electron chi connectivity index (χ2n) is 7.43. The van der Waals surface area contributed by atoms with Gasteiger partial charge < -0.3 is 15.7 Å². The minimum Gasteiger partial charge on any atom is -0.395 e. The van der Waals surface area contributed by atoms with E-state index >= 15 is 0 Å². The van der Waals surface area contributed by atoms with Crippen molar-refractivity contribution < 1.29 is 18.7 Å². The number of rotatable bonds is 5. The molecule has 7 heteroatoms. The highest BCUT2D eigenvalue weighted by Crippen LogP contribution is 2.62. The molecule has 1 aliphatic carbocycles. The second-order valence-corrected chi connectivity index (χ2v) is 7.43. The van der Waals surface area contributed by atoms with Crippen molar-refractivity contribution in [1.82, 2.24) is 4.90 Å². The number of carbonyl (C=O) groups is 1. The second kappa shape index (κ2) is 8.81. The monoisotopic (exact) mass is 420 g/mol. The average Bonchev–Trinajstić information content (AvgIpc) is 3.45. The van der Waals surface area contributed by atoms with E-state index in [-0.39, 0.29) is 30.0 Å². The summed E-state index contributed by atoms with van der Waals surface area (Å²) < 4.78 is 28.7. The van der Waals surface area contributed by atoms with Crippen molar-refractivity contribution in [2.75, 3.05) is 26.0 Å². The minimum absolute atomic E-state index is 0.0152. The summed E-state index contributed by atoms with van der Waals surface area (Å²) in [5, 5.41) is 10.0. The molecule has 2 aliphatic rings. The molecule has 0 spiro atoms. The van der Waals surface area contributed by atoms with E-state index in [9.17, 15) is 18.7 Å². The van der Waals surface area contributed by atoms with Gasteiger partial charge in [0.2, 0.25) is 5.91 Å². The van der Waals surface area contributed by atoms with Crippen LogP contribution in [0, 0.1) is 17.0 Å². The van der Waals surface area contributed by atoms with Gasteiger partial charge in [0.25, 0.3) is 0 Å². The van der Waals surface area contributed by atoms with Crippen molar-refractivity contribution in [3.05, 3.63) is 59.7 Å². The van der Waals surface area contributed by atoms with Gasteiger partial charge in [0.15, 0.2) is 0 Å². The van der Waals surface area contributed by atoms with Gasteiger partial charge >= 0.3 is 0 Å². The summed E-state index contributed by atoms with van der Waals surface area (Å²) in [7, 11) is 0. The van der Waals surface area contributed by atoms with Crippen LogP contribution in [0.15, 0.2) is 42.5 Å². The maximum Gasteiger partial charge on any atom is 0.232 e. The summed E-state index contributed by atoms with van der Waals surface area (Å²) in [5.74, 6) is -1.67. The molecular weight excluding hydrogens is 394 g/mol. The van der Waals surface area contributed by atoms with Crippen molar-refractivity contribution >= 4 is 18.5 Å². The number of carbonyl (C=O) groups excluding carboxylic acids is 1. The Hall–Kier alpha value is -1.96. The normalized spacial score (nSPS) is 25.0. The number of hydrogen-bond acceptors (Lipinski definition) is 4. The van der Waals surface area contributed by atoms with E-state index in [4.69, 9.17) is 5.73 Å². The molecule has 29 heavy (non-hydrogen) atoms. The zero-order chi connectivity index (χ0) is 21.2. The van der Waals surface area contributed by atoms with E-state index in [0.29, 0.717) is 30.6 Å². The summed E-state index contributed by atoms with van der Waals surface area (Å²) in [4.78, 5) is 14.8. The van der Waals surface area contributed by atoms with Gasteiger partial charge in [-0.25, -0.2) is 8.78 Å². The molecule has 1 heterocycles. The average molecular weight is 421 g/mol. The van der Waals surface area contributed by atoms with Gasteiger partial charge in [-0.1, -0.05) is 30.3 Å². The summed E-state index contributed by atoms with van der Waals surface area (Å²) in [6.07, 6.45) is 3.02. The number of nitrogens with zero attached hydrogens (tertiary/aromatic N) is 1. The number of aliphatic hydroxyl groups excluding tert-OH is 1. The number of likely N-dealkylation sites (tertiary alicyclic amines) is 1. The topological polar surface area (TPSA) is 66.6 Å². The van der Waals surface area contributed by atoms with Crippen molar-refractivity contribution in [3.8, 4) is 11.1 Å². The lowest BCUT2D eigenvalue weighted by molar-refractivity contribution is -0.146. The van der Waals surface area contributed by atoms with Gasteiger partial charge in [0.05, 0.1) is 17.6 Å². The van der Waals surface area contributed by atoms with Crippen LogP contribution in [0.25, 0.3) is 11.1 Å². The maximum absolute atomic E-state index is 14.3. The largest absolute Gasteiger partial charge is 0.395 e. The highest BCUT2D eigenvalue weighted by atomic mass is 32.1. The summed E-state index contributed by atoms with van der Waals surface area (Å²) in [6, 6.07) is 10.7. The van der Waals surface area contributed by atoms with Gasteiger partial charge in [-0.15, -0.1) is 0 Å². The van der Waals surface area contributed by atoms with E-state index in [1.54, 1.807) is 35.4 Å². The fourth-order valence-corrected chi connectivity index (χ4v) is 4.21. The van der Waals surface area contributed by atoms with E-state index in [0.717, 1.165) is 6.42 Å². The smallest absolute Gasteiger partial charge is 0.232 e. The number of nitrogens with two attached hydrogens (primary N) is 1. The number of amides is 1. The maximum atomic E-state index is 14.3. The van der Waals surface area contributed by atoms with Gasteiger partial charge in [0.1, 0.15) is 11.6 Å². The Kier molecular flexibility index (Phi) is 6.61. The molecule has 0 bridgehead atoms. The first kappa shape index (κ1) is 21.7. The van der Waals surface area contributed by atoms with Crippen molar-refractivity contribution in [2.45, 2.75) is 24.8 Å². The lowest BCUT2D eigenvalue weighted by Gasteiger charge is -2.42. The third kappa shape index (κ3) is 3.67. The fourth-order valence-electron chi connectivity index (χ4n) is 4.21. The van der Waals surface area contributed by atoms with Crippen LogP contribution in [-0.4, -0.2) is 47.9 Å². The molecule has 1 saturated carbocycles. The minimum atomic E-state index is -0.925. The van der Waals surface area contributed by atoms with Crippen LogP contribution in [0.1, 0.15) is 24.3 Å². The molecule has 2 unspecified atom stereocenters. The summed E-state index contributed by atoms with van der Waals surface area (Å²) in [6.45, 7) is 0.742. The molecule has 1 amide bonds. The van der Waals surface area contributed by atoms with Crippen LogP contribution in [0.4, 0.5) is 8.78 Å². The van der Waals surface area contributed by atoms with Crippen LogP contribution < -0.4 is 5.73 Å². The Balaban J connectivity index is 0.00000117. The number of thiol groups is 1. The summed E-state index contributed by atoms with van der Waals surface area (Å²) >= 11 is 3.53.